The van der Waals surface area contributed by atoms with Crippen LogP contribution in [0.15, 0.2) is 48.5 Å². The molecule has 4 nitrogen and oxygen atoms in total. The molecule has 1 aliphatic heterocycles. The van der Waals surface area contributed by atoms with Crippen molar-refractivity contribution in [3.8, 4) is 11.1 Å². The van der Waals surface area contributed by atoms with E-state index in [2.05, 4.69) is 0 Å². The Morgan fingerprint density at radius 3 is 2.47 bits per heavy atom. The molecule has 1 heterocycles. The summed E-state index contributed by atoms with van der Waals surface area (Å²) >= 11 is 0. The maximum Gasteiger partial charge on any atom is 0.418 e. The van der Waals surface area contributed by atoms with Gasteiger partial charge in [0.1, 0.15) is 0 Å². The fourth-order valence-electron chi connectivity index (χ4n) is 2.32. The molecule has 0 atom stereocenters. The number of carbonyl (C=O) groups excluding carboxylic acids is 1. The van der Waals surface area contributed by atoms with Gasteiger partial charge in [-0.05, 0) is 22.8 Å². The predicted octanol–water partition coefficient (Wildman–Crippen LogP) is 2.92. The van der Waals surface area contributed by atoms with Crippen molar-refractivity contribution in [3.63, 3.8) is 0 Å². The summed E-state index contributed by atoms with van der Waals surface area (Å²) in [5.74, 6) is -0.396. The number of anilines is 1. The third kappa shape index (κ3) is 1.87. The number of hydrogen-bond acceptors (Lipinski definition) is 2. The van der Waals surface area contributed by atoms with Crippen LogP contribution in [0.4, 0.5) is 10.5 Å². The summed E-state index contributed by atoms with van der Waals surface area (Å²) in [4.78, 5) is 23.6. The van der Waals surface area contributed by atoms with Gasteiger partial charge in [-0.1, -0.05) is 42.5 Å². The van der Waals surface area contributed by atoms with Crippen LogP contribution in [0, 0.1) is 0 Å². The van der Waals surface area contributed by atoms with Crippen LogP contribution in [0.3, 0.4) is 0 Å². The summed E-state index contributed by atoms with van der Waals surface area (Å²) in [7, 11) is 0. The fraction of sp³-hybridized carbons (Fsp3) is 0.0667. The molecule has 4 heteroatoms. The Morgan fingerprint density at radius 1 is 1.05 bits per heavy atom. The van der Waals surface area contributed by atoms with Crippen LogP contribution in [-0.2, 0) is 11.2 Å². The summed E-state index contributed by atoms with van der Waals surface area (Å²) in [6.45, 7) is 0. The molecule has 0 unspecified atom stereocenters. The zero-order chi connectivity index (χ0) is 13.4. The van der Waals surface area contributed by atoms with E-state index >= 15 is 0 Å². The van der Waals surface area contributed by atoms with Crippen molar-refractivity contribution >= 4 is 17.7 Å². The lowest BCUT2D eigenvalue weighted by Gasteiger charge is -2.12. The minimum absolute atomic E-state index is 0.150. The molecular weight excluding hydrogens is 242 g/mol. The van der Waals surface area contributed by atoms with E-state index in [-0.39, 0.29) is 6.42 Å². The number of benzene rings is 2. The van der Waals surface area contributed by atoms with Crippen molar-refractivity contribution in [2.75, 3.05) is 4.90 Å². The van der Waals surface area contributed by atoms with Gasteiger partial charge in [-0.25, -0.2) is 9.69 Å². The summed E-state index contributed by atoms with van der Waals surface area (Å²) in [6.07, 6.45) is -1.08. The Kier molecular flexibility index (Phi) is 2.56. The maximum atomic E-state index is 11.7. The minimum atomic E-state index is -1.23. The maximum absolute atomic E-state index is 11.7. The van der Waals surface area contributed by atoms with Crippen LogP contribution in [0.25, 0.3) is 11.1 Å². The van der Waals surface area contributed by atoms with E-state index in [1.165, 1.54) is 0 Å². The summed E-state index contributed by atoms with van der Waals surface area (Å²) in [5, 5.41) is 9.10. The number of carboxylic acid groups (broad SMARTS) is 1. The van der Waals surface area contributed by atoms with Crippen LogP contribution in [0.2, 0.25) is 0 Å². The highest BCUT2D eigenvalue weighted by atomic mass is 16.4. The minimum Gasteiger partial charge on any atom is -0.464 e. The first kappa shape index (κ1) is 11.5. The van der Waals surface area contributed by atoms with E-state index in [1.807, 2.05) is 42.5 Å². The molecule has 1 N–H and O–H groups in total. The second-order valence-electron chi connectivity index (χ2n) is 4.40. The first-order valence-electron chi connectivity index (χ1n) is 5.91. The van der Waals surface area contributed by atoms with Gasteiger partial charge in [-0.3, -0.25) is 4.79 Å². The average molecular weight is 253 g/mol. The van der Waals surface area contributed by atoms with E-state index in [1.54, 1.807) is 6.07 Å². The zero-order valence-corrected chi connectivity index (χ0v) is 10.0. The van der Waals surface area contributed by atoms with Crippen molar-refractivity contribution < 1.29 is 14.7 Å². The molecule has 0 saturated carbocycles. The molecule has 94 valence electrons. The average Bonchev–Trinajstić information content (AvgIpc) is 2.74. The van der Waals surface area contributed by atoms with Crippen molar-refractivity contribution in [1.29, 1.82) is 0 Å². The summed E-state index contributed by atoms with van der Waals surface area (Å²) in [5.41, 5.74) is 3.13. The lowest BCUT2D eigenvalue weighted by atomic mass is 10.0. The van der Waals surface area contributed by atoms with E-state index < -0.39 is 12.0 Å². The number of hydrogen-bond donors (Lipinski definition) is 1. The fourth-order valence-corrected chi connectivity index (χ4v) is 2.32. The summed E-state index contributed by atoms with van der Waals surface area (Å²) in [6, 6.07) is 15.1. The normalized spacial score (nSPS) is 13.5. The number of rotatable bonds is 1. The molecule has 0 saturated heterocycles. The highest BCUT2D eigenvalue weighted by Gasteiger charge is 2.32. The molecule has 0 bridgehead atoms. The molecule has 19 heavy (non-hydrogen) atoms. The molecule has 0 radical (unpaired) electrons. The Labute approximate surface area is 109 Å². The Hall–Kier alpha value is -2.62. The van der Waals surface area contributed by atoms with Gasteiger partial charge < -0.3 is 5.11 Å². The van der Waals surface area contributed by atoms with Gasteiger partial charge in [0.15, 0.2) is 0 Å². The van der Waals surface area contributed by atoms with Gasteiger partial charge in [0.05, 0.1) is 12.1 Å². The second kappa shape index (κ2) is 4.24. The Balaban J connectivity index is 2.10. The van der Waals surface area contributed by atoms with Crippen LogP contribution in [-0.4, -0.2) is 17.1 Å². The lowest BCUT2D eigenvalue weighted by molar-refractivity contribution is -0.116. The molecule has 0 spiro atoms. The number of carbonyl (C=O) groups is 2. The highest BCUT2D eigenvalue weighted by molar-refractivity contribution is 6.16. The van der Waals surface area contributed by atoms with Crippen molar-refractivity contribution in [1.82, 2.24) is 0 Å². The van der Waals surface area contributed by atoms with Gasteiger partial charge in [-0.2, -0.15) is 0 Å². The lowest BCUT2D eigenvalue weighted by Crippen LogP contribution is -2.32. The number of fused-ring (bicyclic) bond motifs is 1. The van der Waals surface area contributed by atoms with E-state index in [4.69, 9.17) is 5.11 Å². The first-order valence-corrected chi connectivity index (χ1v) is 5.91. The van der Waals surface area contributed by atoms with Crippen molar-refractivity contribution in [2.24, 2.45) is 0 Å². The van der Waals surface area contributed by atoms with Gasteiger partial charge in [0.25, 0.3) is 0 Å². The van der Waals surface area contributed by atoms with Gasteiger partial charge >= 0.3 is 6.09 Å². The van der Waals surface area contributed by atoms with Crippen LogP contribution >= 0.6 is 0 Å². The summed E-state index contributed by atoms with van der Waals surface area (Å²) < 4.78 is 0. The number of imide groups is 1. The topological polar surface area (TPSA) is 57.6 Å². The molecule has 2 aromatic rings. The predicted molar refractivity (Wildman–Crippen MR) is 71.1 cm³/mol. The smallest absolute Gasteiger partial charge is 0.418 e. The van der Waals surface area contributed by atoms with Gasteiger partial charge in [-0.15, -0.1) is 0 Å². The van der Waals surface area contributed by atoms with Crippen molar-refractivity contribution in [2.45, 2.75) is 6.42 Å². The van der Waals surface area contributed by atoms with E-state index in [9.17, 15) is 9.59 Å². The van der Waals surface area contributed by atoms with E-state index in [0.29, 0.717) is 5.69 Å². The van der Waals surface area contributed by atoms with Crippen LogP contribution in [0.1, 0.15) is 5.56 Å². The highest BCUT2D eigenvalue weighted by Crippen LogP contribution is 2.33. The van der Waals surface area contributed by atoms with E-state index in [0.717, 1.165) is 21.6 Å². The standard InChI is InChI=1S/C15H11NO3/c17-14-9-12-7-6-11(10-4-2-1-3-5-10)8-13(12)16(14)15(18)19/h1-8H,9H2,(H,18,19). The quantitative estimate of drug-likeness (QED) is 0.850. The SMILES string of the molecule is O=C(O)N1C(=O)Cc2ccc(-c3ccccc3)cc21. The third-order valence-corrected chi connectivity index (χ3v) is 3.22. The first-order chi connectivity index (χ1) is 9.16. The third-order valence-electron chi connectivity index (χ3n) is 3.22. The zero-order valence-electron chi connectivity index (χ0n) is 10.0. The van der Waals surface area contributed by atoms with Crippen LogP contribution in [0.5, 0.6) is 0 Å². The molecule has 2 aromatic carbocycles. The molecule has 2 amide bonds. The van der Waals surface area contributed by atoms with Gasteiger partial charge in [0.2, 0.25) is 5.91 Å². The second-order valence-corrected chi connectivity index (χ2v) is 4.40. The monoisotopic (exact) mass is 253 g/mol. The Bertz CT molecular complexity index is 664. The molecule has 0 fully saturated rings. The molecule has 1 aliphatic rings. The van der Waals surface area contributed by atoms with Crippen LogP contribution < -0.4 is 4.90 Å². The molecule has 0 aromatic heterocycles. The molecular formula is C15H11NO3. The Morgan fingerprint density at radius 2 is 1.79 bits per heavy atom. The molecule has 3 rings (SSSR count). The number of nitrogens with zero attached hydrogens (tertiary/aromatic N) is 1. The largest absolute Gasteiger partial charge is 0.464 e. The van der Waals surface area contributed by atoms with Crippen molar-refractivity contribution in [3.05, 3.63) is 54.1 Å². The van der Waals surface area contributed by atoms with Gasteiger partial charge in [0, 0.05) is 0 Å². The number of amides is 2. The molecule has 0 aliphatic carbocycles.